The van der Waals surface area contributed by atoms with E-state index in [4.69, 9.17) is 27.9 Å². The minimum Gasteiger partial charge on any atom is -0.451 e. The molecule has 3 N–H and O–H groups in total. The predicted molar refractivity (Wildman–Crippen MR) is 136 cm³/mol. The first-order valence-corrected chi connectivity index (χ1v) is 12.4. The van der Waals surface area contributed by atoms with Crippen LogP contribution in [0.25, 0.3) is 0 Å². The molecule has 2 aromatic rings. The highest BCUT2D eigenvalue weighted by atomic mass is 35.5. The molecule has 0 spiro atoms. The number of benzene rings is 2. The fraction of sp³-hybridized carbons (Fsp3) is 0.304. The molecular weight excluding hydrogens is 501 g/mol. The smallest absolute Gasteiger partial charge is 0.329 e. The van der Waals surface area contributed by atoms with E-state index in [9.17, 15) is 19.2 Å². The van der Waals surface area contributed by atoms with Crippen LogP contribution in [0.1, 0.15) is 30.6 Å². The molecular formula is C23H25Cl2N3O5S. The number of halogens is 2. The van der Waals surface area contributed by atoms with Crippen LogP contribution in [-0.4, -0.2) is 47.8 Å². The van der Waals surface area contributed by atoms with E-state index < -0.39 is 29.9 Å². The van der Waals surface area contributed by atoms with Crippen LogP contribution in [-0.2, 0) is 19.1 Å². The quantitative estimate of drug-likeness (QED) is 0.396. The molecule has 2 atom stereocenters. The number of hydrogen-bond donors (Lipinski definition) is 3. The molecule has 0 radical (unpaired) electrons. The number of anilines is 2. The van der Waals surface area contributed by atoms with Crippen LogP contribution in [0.3, 0.4) is 0 Å². The molecule has 0 bridgehead atoms. The summed E-state index contributed by atoms with van der Waals surface area (Å²) in [4.78, 5) is 49.0. The van der Waals surface area contributed by atoms with Gasteiger partial charge in [0.05, 0.1) is 10.6 Å². The Morgan fingerprint density at radius 2 is 1.62 bits per heavy atom. The summed E-state index contributed by atoms with van der Waals surface area (Å²) in [5.41, 5.74) is 1.21. The highest BCUT2D eigenvalue weighted by molar-refractivity contribution is 7.98. The Balaban J connectivity index is 2.00. The minimum atomic E-state index is -1.12. The average Bonchev–Trinajstić information content (AvgIpc) is 2.77. The lowest BCUT2D eigenvalue weighted by Gasteiger charge is -2.20. The van der Waals surface area contributed by atoms with E-state index in [-0.39, 0.29) is 16.5 Å². The number of hydrogen-bond acceptors (Lipinski definition) is 6. The van der Waals surface area contributed by atoms with Crippen LogP contribution in [0.5, 0.6) is 0 Å². The van der Waals surface area contributed by atoms with Crippen molar-refractivity contribution in [2.75, 3.05) is 22.6 Å². The molecule has 11 heteroatoms. The Bertz CT molecular complexity index is 1050. The Labute approximate surface area is 212 Å². The monoisotopic (exact) mass is 525 g/mol. The SMILES string of the molecule is CSCC[C@@H](NC(=O)c1ccc(Cl)cc1Cl)C(=O)O[C@H](C)C(=O)Nc1ccc(NC(C)=O)cc1. The largest absolute Gasteiger partial charge is 0.451 e. The van der Waals surface area contributed by atoms with Gasteiger partial charge in [0.1, 0.15) is 6.04 Å². The highest BCUT2D eigenvalue weighted by Crippen LogP contribution is 2.21. The molecule has 182 valence electrons. The lowest BCUT2D eigenvalue weighted by atomic mass is 10.1. The van der Waals surface area contributed by atoms with E-state index in [1.165, 1.54) is 43.8 Å². The Morgan fingerprint density at radius 1 is 1.00 bits per heavy atom. The van der Waals surface area contributed by atoms with Crippen molar-refractivity contribution in [1.82, 2.24) is 5.32 Å². The molecule has 0 unspecified atom stereocenters. The first-order chi connectivity index (χ1) is 16.1. The molecule has 0 aliphatic carbocycles. The molecule has 0 aromatic heterocycles. The van der Waals surface area contributed by atoms with Gasteiger partial charge in [-0.1, -0.05) is 23.2 Å². The molecule has 34 heavy (non-hydrogen) atoms. The molecule has 8 nitrogen and oxygen atoms in total. The van der Waals surface area contributed by atoms with Crippen molar-refractivity contribution in [3.05, 3.63) is 58.1 Å². The molecule has 3 amide bonds. The summed E-state index contributed by atoms with van der Waals surface area (Å²) in [5.74, 6) is -1.47. The maximum absolute atomic E-state index is 12.7. The summed E-state index contributed by atoms with van der Waals surface area (Å²) in [7, 11) is 0. The first kappa shape index (κ1) is 27.5. The van der Waals surface area contributed by atoms with Gasteiger partial charge in [-0.2, -0.15) is 11.8 Å². The molecule has 2 aromatic carbocycles. The van der Waals surface area contributed by atoms with Crippen LogP contribution >= 0.6 is 35.0 Å². The van der Waals surface area contributed by atoms with Crippen LogP contribution in [0.4, 0.5) is 11.4 Å². The standard InChI is InChI=1S/C23H25Cl2N3O5S/c1-13(21(30)27-17-7-5-16(6-8-17)26-14(2)29)33-23(32)20(10-11-34-3)28-22(31)18-9-4-15(24)12-19(18)25/h4-9,12-13,20H,10-11H2,1-3H3,(H,26,29)(H,27,30)(H,28,31)/t13-,20-/m1/s1. The van der Waals surface area contributed by atoms with Gasteiger partial charge in [0, 0.05) is 23.3 Å². The maximum atomic E-state index is 12.7. The number of rotatable bonds is 10. The highest BCUT2D eigenvalue weighted by Gasteiger charge is 2.27. The summed E-state index contributed by atoms with van der Waals surface area (Å²) in [6.07, 6.45) is 1.05. The van der Waals surface area contributed by atoms with Crippen LogP contribution in [0, 0.1) is 0 Å². The normalized spacial score (nSPS) is 12.3. The fourth-order valence-corrected chi connectivity index (χ4v) is 3.75. The topological polar surface area (TPSA) is 114 Å². The first-order valence-electron chi connectivity index (χ1n) is 10.2. The zero-order valence-electron chi connectivity index (χ0n) is 18.8. The van der Waals surface area contributed by atoms with Gasteiger partial charge in [-0.15, -0.1) is 0 Å². The Morgan fingerprint density at radius 3 is 2.18 bits per heavy atom. The molecule has 0 aliphatic heterocycles. The second-order valence-electron chi connectivity index (χ2n) is 7.26. The molecule has 0 saturated heterocycles. The Kier molecular flexibility index (Phi) is 10.7. The van der Waals surface area contributed by atoms with Gasteiger partial charge < -0.3 is 20.7 Å². The molecule has 0 heterocycles. The fourth-order valence-electron chi connectivity index (χ4n) is 2.79. The van der Waals surface area contributed by atoms with E-state index in [2.05, 4.69) is 16.0 Å². The van der Waals surface area contributed by atoms with Crippen molar-refractivity contribution in [2.45, 2.75) is 32.4 Å². The molecule has 0 saturated carbocycles. The number of carbonyl (C=O) groups is 4. The number of nitrogens with one attached hydrogen (secondary N) is 3. The summed E-state index contributed by atoms with van der Waals surface area (Å²) in [6.45, 7) is 2.83. The molecule has 0 fully saturated rings. The number of esters is 1. The van der Waals surface area contributed by atoms with Crippen molar-refractivity contribution in [3.8, 4) is 0 Å². The second kappa shape index (κ2) is 13.2. The van der Waals surface area contributed by atoms with E-state index in [1.54, 1.807) is 24.3 Å². The summed E-state index contributed by atoms with van der Waals surface area (Å²) in [5, 5.41) is 8.42. The summed E-state index contributed by atoms with van der Waals surface area (Å²) < 4.78 is 5.32. The number of ether oxygens (including phenoxy) is 1. The van der Waals surface area contributed by atoms with Gasteiger partial charge >= 0.3 is 5.97 Å². The zero-order chi connectivity index (χ0) is 25.3. The number of thioether (sulfide) groups is 1. The number of carbonyl (C=O) groups excluding carboxylic acids is 4. The summed E-state index contributed by atoms with van der Waals surface area (Å²) in [6, 6.07) is 9.91. The zero-order valence-corrected chi connectivity index (χ0v) is 21.1. The number of amides is 3. The van der Waals surface area contributed by atoms with E-state index in [0.29, 0.717) is 28.6 Å². The van der Waals surface area contributed by atoms with Crippen LogP contribution in [0.15, 0.2) is 42.5 Å². The third-order valence-corrected chi connectivity index (χ3v) is 5.70. The van der Waals surface area contributed by atoms with E-state index in [1.807, 2.05) is 6.26 Å². The third-order valence-electron chi connectivity index (χ3n) is 4.51. The van der Waals surface area contributed by atoms with Gasteiger partial charge in [0.15, 0.2) is 6.10 Å². The van der Waals surface area contributed by atoms with Crippen LogP contribution in [0.2, 0.25) is 10.0 Å². The van der Waals surface area contributed by atoms with Crippen molar-refractivity contribution in [2.24, 2.45) is 0 Å². The summed E-state index contributed by atoms with van der Waals surface area (Å²) >= 11 is 13.5. The van der Waals surface area contributed by atoms with E-state index >= 15 is 0 Å². The van der Waals surface area contributed by atoms with Crippen LogP contribution < -0.4 is 16.0 Å². The lowest BCUT2D eigenvalue weighted by molar-refractivity contribution is -0.155. The average molecular weight is 526 g/mol. The van der Waals surface area contributed by atoms with E-state index in [0.717, 1.165) is 0 Å². The van der Waals surface area contributed by atoms with Gasteiger partial charge in [-0.3, -0.25) is 14.4 Å². The molecule has 0 aliphatic rings. The third kappa shape index (κ3) is 8.55. The molecule has 2 rings (SSSR count). The minimum absolute atomic E-state index is 0.152. The van der Waals surface area contributed by atoms with Crippen molar-refractivity contribution >= 4 is 70.0 Å². The van der Waals surface area contributed by atoms with Gasteiger partial charge in [-0.05, 0) is 67.8 Å². The Hall–Kier alpha value is -2.75. The van der Waals surface area contributed by atoms with Gasteiger partial charge in [-0.25, -0.2) is 4.79 Å². The van der Waals surface area contributed by atoms with Gasteiger partial charge in [0.25, 0.3) is 11.8 Å². The second-order valence-corrected chi connectivity index (χ2v) is 9.09. The van der Waals surface area contributed by atoms with Crippen molar-refractivity contribution < 1.29 is 23.9 Å². The van der Waals surface area contributed by atoms with Crippen molar-refractivity contribution in [3.63, 3.8) is 0 Å². The lowest BCUT2D eigenvalue weighted by Crippen LogP contribution is -2.44. The van der Waals surface area contributed by atoms with Crippen molar-refractivity contribution in [1.29, 1.82) is 0 Å². The maximum Gasteiger partial charge on any atom is 0.329 e. The predicted octanol–water partition coefficient (Wildman–Crippen LogP) is 4.37. The van der Waals surface area contributed by atoms with Gasteiger partial charge in [0.2, 0.25) is 5.91 Å².